The molecule has 1 amide bonds. The summed E-state index contributed by atoms with van der Waals surface area (Å²) < 4.78 is 5.88. The number of aliphatic hydroxyl groups is 2. The van der Waals surface area contributed by atoms with E-state index >= 15 is 0 Å². The van der Waals surface area contributed by atoms with Crippen molar-refractivity contribution in [3.05, 3.63) is 97.2 Å². The first-order valence-corrected chi connectivity index (χ1v) is 25.0. The molecule has 0 heterocycles. The molecule has 0 aromatic rings. The van der Waals surface area contributed by atoms with Crippen molar-refractivity contribution in [2.24, 2.45) is 0 Å². The summed E-state index contributed by atoms with van der Waals surface area (Å²) in [6.07, 6.45) is 63.2. The Labute approximate surface area is 376 Å². The Bertz CT molecular complexity index is 1220. The zero-order valence-corrected chi connectivity index (χ0v) is 39.5. The van der Waals surface area contributed by atoms with Crippen LogP contribution in [0.5, 0.6) is 0 Å². The number of ether oxygens (including phenoxy) is 1. The Hall–Kier alpha value is -3.22. The number of hydrogen-bond donors (Lipinski definition) is 3. The number of carbonyl (C=O) groups excluding carboxylic acids is 2. The average molecular weight is 848 g/mol. The molecule has 6 nitrogen and oxygen atoms in total. The number of hydrogen-bond acceptors (Lipinski definition) is 5. The van der Waals surface area contributed by atoms with Crippen molar-refractivity contribution in [1.29, 1.82) is 0 Å². The lowest BCUT2D eigenvalue weighted by molar-refractivity contribution is -0.151. The Morgan fingerprint density at radius 2 is 0.885 bits per heavy atom. The maximum Gasteiger partial charge on any atom is 0.306 e. The number of aliphatic hydroxyl groups excluding tert-OH is 2. The molecule has 61 heavy (non-hydrogen) atoms. The smallest absolute Gasteiger partial charge is 0.306 e. The van der Waals surface area contributed by atoms with Crippen LogP contribution in [0.15, 0.2) is 97.2 Å². The van der Waals surface area contributed by atoms with E-state index in [-0.39, 0.29) is 24.9 Å². The standard InChI is InChI=1S/C55H93NO5/c1-4-7-10-13-16-19-22-24-26-27-29-31-33-36-39-42-45-48-55(60)61-51(46-43-40-37-34-32-30-28-25-23-20-17-14-11-8-5-2)49-54(59)56-52(50-57)53(58)47-44-41-38-35-21-18-15-12-9-6-3/h7,10,16-17,19-20,24-26,28-29,31-32,34,36,39,51-53,57-58H,4-6,8-9,11-15,18,21-23,27,30,33,35,37-38,40-50H2,1-3H3,(H,56,59)/b10-7-,19-16-,20-17-,26-24-,28-25-,31-29-,34-32-,39-36-. The zero-order valence-electron chi connectivity index (χ0n) is 39.5. The summed E-state index contributed by atoms with van der Waals surface area (Å²) in [5.41, 5.74) is 0. The van der Waals surface area contributed by atoms with Gasteiger partial charge in [-0.25, -0.2) is 0 Å². The number of rotatable bonds is 43. The van der Waals surface area contributed by atoms with Crippen molar-refractivity contribution in [3.63, 3.8) is 0 Å². The minimum atomic E-state index is -0.811. The second-order valence-corrected chi connectivity index (χ2v) is 16.5. The van der Waals surface area contributed by atoms with Crippen LogP contribution in [0.25, 0.3) is 0 Å². The fraction of sp³-hybridized carbons (Fsp3) is 0.673. The molecule has 0 bridgehead atoms. The highest BCUT2D eigenvalue weighted by Crippen LogP contribution is 2.16. The molecule has 0 aliphatic heterocycles. The van der Waals surface area contributed by atoms with E-state index in [0.29, 0.717) is 25.7 Å². The van der Waals surface area contributed by atoms with Crippen LogP contribution in [0, 0.1) is 0 Å². The molecular weight excluding hydrogens is 755 g/mol. The normalized spacial score (nSPS) is 14.1. The van der Waals surface area contributed by atoms with Crippen LogP contribution in [0.3, 0.4) is 0 Å². The van der Waals surface area contributed by atoms with Crippen LogP contribution in [0.4, 0.5) is 0 Å². The van der Waals surface area contributed by atoms with Crippen LogP contribution in [-0.2, 0) is 14.3 Å². The first-order chi connectivity index (χ1) is 30.0. The van der Waals surface area contributed by atoms with Gasteiger partial charge in [0.25, 0.3) is 0 Å². The van der Waals surface area contributed by atoms with E-state index in [2.05, 4.69) is 123 Å². The highest BCUT2D eigenvalue weighted by molar-refractivity contribution is 5.77. The number of amides is 1. The molecule has 6 heteroatoms. The average Bonchev–Trinajstić information content (AvgIpc) is 3.25. The summed E-state index contributed by atoms with van der Waals surface area (Å²) >= 11 is 0. The Balaban J connectivity index is 4.78. The minimum absolute atomic E-state index is 0.0235. The molecular formula is C55H93NO5. The van der Waals surface area contributed by atoms with Gasteiger partial charge in [-0.15, -0.1) is 0 Å². The maximum absolute atomic E-state index is 13.2. The van der Waals surface area contributed by atoms with Gasteiger partial charge in [-0.1, -0.05) is 195 Å². The molecule has 0 saturated carbocycles. The lowest BCUT2D eigenvalue weighted by Crippen LogP contribution is -2.46. The van der Waals surface area contributed by atoms with Crippen molar-refractivity contribution in [2.45, 2.75) is 232 Å². The Morgan fingerprint density at radius 3 is 1.36 bits per heavy atom. The molecule has 0 aromatic carbocycles. The van der Waals surface area contributed by atoms with Crippen molar-refractivity contribution >= 4 is 11.9 Å². The number of nitrogens with one attached hydrogen (secondary N) is 1. The molecule has 0 aliphatic carbocycles. The zero-order chi connectivity index (χ0) is 44.5. The third kappa shape index (κ3) is 43.2. The van der Waals surface area contributed by atoms with E-state index in [9.17, 15) is 19.8 Å². The van der Waals surface area contributed by atoms with E-state index in [1.54, 1.807) is 0 Å². The van der Waals surface area contributed by atoms with Crippen molar-refractivity contribution < 1.29 is 24.5 Å². The molecule has 348 valence electrons. The summed E-state index contributed by atoms with van der Waals surface area (Å²) in [5, 5.41) is 23.7. The highest BCUT2D eigenvalue weighted by Gasteiger charge is 2.24. The number of carbonyl (C=O) groups is 2. The molecule has 3 unspecified atom stereocenters. The molecule has 0 aliphatic rings. The molecule has 3 atom stereocenters. The van der Waals surface area contributed by atoms with Crippen molar-refractivity contribution in [2.75, 3.05) is 6.61 Å². The second-order valence-electron chi connectivity index (χ2n) is 16.5. The van der Waals surface area contributed by atoms with Crippen LogP contribution in [0.2, 0.25) is 0 Å². The van der Waals surface area contributed by atoms with Gasteiger partial charge in [0.1, 0.15) is 6.10 Å². The van der Waals surface area contributed by atoms with Gasteiger partial charge in [-0.3, -0.25) is 9.59 Å². The summed E-state index contributed by atoms with van der Waals surface area (Å²) in [6, 6.07) is -0.730. The predicted octanol–water partition coefficient (Wildman–Crippen LogP) is 14.9. The molecule has 0 saturated heterocycles. The molecule has 0 fully saturated rings. The van der Waals surface area contributed by atoms with Crippen LogP contribution < -0.4 is 5.32 Å². The summed E-state index contributed by atoms with van der Waals surface area (Å²) in [6.45, 7) is 6.29. The first-order valence-electron chi connectivity index (χ1n) is 25.0. The van der Waals surface area contributed by atoms with Gasteiger partial charge in [0, 0.05) is 6.42 Å². The van der Waals surface area contributed by atoms with Gasteiger partial charge in [0.05, 0.1) is 25.2 Å². The largest absolute Gasteiger partial charge is 0.462 e. The van der Waals surface area contributed by atoms with E-state index in [4.69, 9.17) is 4.74 Å². The lowest BCUT2D eigenvalue weighted by atomic mass is 10.0. The third-order valence-electron chi connectivity index (χ3n) is 10.6. The SMILES string of the molecule is CC/C=C\C/C=C\C/C=C\C/C=C\C/C=C\CCCC(=O)OC(CCCC/C=C\C/C=C\C/C=C\CCCCC)CC(=O)NC(CO)C(O)CCCCCCCCCCCC. The molecule has 0 spiro atoms. The van der Waals surface area contributed by atoms with Gasteiger partial charge in [0.15, 0.2) is 0 Å². The first kappa shape index (κ1) is 57.8. The summed E-state index contributed by atoms with van der Waals surface area (Å²) in [7, 11) is 0. The predicted molar refractivity (Wildman–Crippen MR) is 264 cm³/mol. The molecule has 0 rings (SSSR count). The van der Waals surface area contributed by atoms with Crippen molar-refractivity contribution in [3.8, 4) is 0 Å². The van der Waals surface area contributed by atoms with Crippen LogP contribution in [0.1, 0.15) is 213 Å². The van der Waals surface area contributed by atoms with Gasteiger partial charge in [0.2, 0.25) is 5.91 Å². The topological polar surface area (TPSA) is 95.9 Å². The van der Waals surface area contributed by atoms with E-state index < -0.39 is 18.2 Å². The fourth-order valence-corrected chi connectivity index (χ4v) is 6.88. The fourth-order valence-electron chi connectivity index (χ4n) is 6.88. The minimum Gasteiger partial charge on any atom is -0.462 e. The van der Waals surface area contributed by atoms with Crippen LogP contribution in [-0.4, -0.2) is 46.9 Å². The Morgan fingerprint density at radius 1 is 0.492 bits per heavy atom. The van der Waals surface area contributed by atoms with E-state index in [0.717, 1.165) is 89.9 Å². The summed E-state index contributed by atoms with van der Waals surface area (Å²) in [5.74, 6) is -0.590. The van der Waals surface area contributed by atoms with Crippen LogP contribution >= 0.6 is 0 Å². The lowest BCUT2D eigenvalue weighted by Gasteiger charge is -2.24. The highest BCUT2D eigenvalue weighted by atomic mass is 16.5. The van der Waals surface area contributed by atoms with E-state index in [1.165, 1.54) is 70.6 Å². The molecule has 0 radical (unpaired) electrons. The van der Waals surface area contributed by atoms with Gasteiger partial charge in [-0.2, -0.15) is 0 Å². The van der Waals surface area contributed by atoms with E-state index in [1.807, 2.05) is 0 Å². The number of unbranched alkanes of at least 4 members (excludes halogenated alkanes) is 15. The Kier molecular flexibility index (Phi) is 45.3. The molecule has 3 N–H and O–H groups in total. The number of allylic oxidation sites excluding steroid dienone is 16. The monoisotopic (exact) mass is 848 g/mol. The quantitative estimate of drug-likeness (QED) is 0.0323. The van der Waals surface area contributed by atoms with Gasteiger partial charge >= 0.3 is 5.97 Å². The second kappa shape index (κ2) is 47.8. The molecule has 0 aromatic heterocycles. The maximum atomic E-state index is 13.2. The van der Waals surface area contributed by atoms with Gasteiger partial charge < -0.3 is 20.3 Å². The third-order valence-corrected chi connectivity index (χ3v) is 10.6. The van der Waals surface area contributed by atoms with Crippen molar-refractivity contribution in [1.82, 2.24) is 5.32 Å². The van der Waals surface area contributed by atoms with Gasteiger partial charge in [-0.05, 0) is 103 Å². The summed E-state index contributed by atoms with van der Waals surface area (Å²) in [4.78, 5) is 26.1. The number of esters is 1.